The Labute approximate surface area is 180 Å². The molecule has 4 N–H and O–H groups in total. The van der Waals surface area contributed by atoms with Gasteiger partial charge in [-0.05, 0) is 52.4 Å². The van der Waals surface area contributed by atoms with Crippen LogP contribution in [0.15, 0.2) is 66.7 Å². The van der Waals surface area contributed by atoms with Crippen molar-refractivity contribution in [1.29, 1.82) is 0 Å². The largest absolute Gasteiger partial charge is 0.508 e. The number of amides is 1. The van der Waals surface area contributed by atoms with E-state index in [9.17, 15) is 20.1 Å². The number of rotatable bonds is 6. The summed E-state index contributed by atoms with van der Waals surface area (Å²) in [4.78, 5) is 12.2. The summed E-state index contributed by atoms with van der Waals surface area (Å²) < 4.78 is 5.44. The molecule has 0 spiro atoms. The molecule has 3 aromatic rings. The topological polar surface area (TPSA) is 99.0 Å². The molecule has 1 aliphatic rings. The Balaban J connectivity index is 1.35. The Morgan fingerprint density at radius 1 is 1.00 bits per heavy atom. The van der Waals surface area contributed by atoms with Crippen molar-refractivity contribution < 1.29 is 24.9 Å². The van der Waals surface area contributed by atoms with E-state index in [1.54, 1.807) is 13.0 Å². The lowest BCUT2D eigenvalue weighted by Gasteiger charge is -2.21. The number of phenolic OH excluding ortho intramolecular Hbond substituents is 1. The molecule has 2 atom stereocenters. The first-order chi connectivity index (χ1) is 15.0. The number of aliphatic hydroxyl groups is 2. The SMILES string of the molecule is Cc1cc(O)ccc1C(O)C(O)CNC(=O)OCC1c2ccccc2-c2ccccc21. The molecule has 6 heteroatoms. The molecule has 0 saturated carbocycles. The number of alkyl carbamates (subject to hydrolysis) is 1. The van der Waals surface area contributed by atoms with Gasteiger partial charge < -0.3 is 25.4 Å². The lowest BCUT2D eigenvalue weighted by Crippen LogP contribution is -2.36. The van der Waals surface area contributed by atoms with Crippen LogP contribution in [0, 0.1) is 6.92 Å². The number of aliphatic hydroxyl groups excluding tert-OH is 2. The Morgan fingerprint density at radius 2 is 1.61 bits per heavy atom. The van der Waals surface area contributed by atoms with E-state index >= 15 is 0 Å². The number of aryl methyl sites for hydroxylation is 1. The highest BCUT2D eigenvalue weighted by Crippen LogP contribution is 2.44. The highest BCUT2D eigenvalue weighted by molar-refractivity contribution is 5.79. The zero-order valence-electron chi connectivity index (χ0n) is 17.2. The second-order valence-corrected chi connectivity index (χ2v) is 7.76. The van der Waals surface area contributed by atoms with Crippen LogP contribution < -0.4 is 5.32 Å². The van der Waals surface area contributed by atoms with Gasteiger partial charge in [-0.2, -0.15) is 0 Å². The smallest absolute Gasteiger partial charge is 0.407 e. The first-order valence-corrected chi connectivity index (χ1v) is 10.2. The minimum absolute atomic E-state index is 0.0479. The van der Waals surface area contributed by atoms with Crippen molar-refractivity contribution in [2.45, 2.75) is 25.0 Å². The standard InChI is InChI=1S/C25H25NO5/c1-15-12-16(27)10-11-17(15)24(29)23(28)13-26-25(30)31-14-22-20-8-4-2-6-18(20)19-7-3-5-9-21(19)22/h2-12,22-24,27-29H,13-14H2,1H3,(H,26,30). The average molecular weight is 419 g/mol. The molecule has 1 amide bonds. The number of hydrogen-bond acceptors (Lipinski definition) is 5. The summed E-state index contributed by atoms with van der Waals surface area (Å²) in [5.41, 5.74) is 5.67. The highest BCUT2D eigenvalue weighted by atomic mass is 16.5. The summed E-state index contributed by atoms with van der Waals surface area (Å²) in [5, 5.41) is 32.6. The molecule has 6 nitrogen and oxygen atoms in total. The quantitative estimate of drug-likeness (QED) is 0.489. The van der Waals surface area contributed by atoms with E-state index in [2.05, 4.69) is 17.4 Å². The predicted molar refractivity (Wildman–Crippen MR) is 117 cm³/mol. The molecule has 0 aromatic heterocycles. The van der Waals surface area contributed by atoms with Gasteiger partial charge in [0.1, 0.15) is 24.6 Å². The summed E-state index contributed by atoms with van der Waals surface area (Å²) in [6.07, 6.45) is -3.08. The van der Waals surface area contributed by atoms with E-state index in [0.29, 0.717) is 11.1 Å². The van der Waals surface area contributed by atoms with Gasteiger partial charge in [0.05, 0.1) is 0 Å². The third-order valence-electron chi connectivity index (χ3n) is 5.74. The van der Waals surface area contributed by atoms with Crippen LogP contribution in [0.2, 0.25) is 0 Å². The van der Waals surface area contributed by atoms with E-state index in [1.165, 1.54) is 12.1 Å². The van der Waals surface area contributed by atoms with Gasteiger partial charge in [0.15, 0.2) is 0 Å². The molecule has 31 heavy (non-hydrogen) atoms. The summed E-state index contributed by atoms with van der Waals surface area (Å²) in [5.74, 6) is 0.0352. The number of carbonyl (C=O) groups excluding carboxylic acids is 1. The molecule has 0 bridgehead atoms. The monoisotopic (exact) mass is 419 g/mol. The van der Waals surface area contributed by atoms with Gasteiger partial charge >= 0.3 is 6.09 Å². The first-order valence-electron chi connectivity index (χ1n) is 10.2. The van der Waals surface area contributed by atoms with E-state index in [-0.39, 0.29) is 24.8 Å². The van der Waals surface area contributed by atoms with Crippen molar-refractivity contribution in [3.8, 4) is 16.9 Å². The molecule has 0 fully saturated rings. The van der Waals surface area contributed by atoms with Gasteiger partial charge in [0.25, 0.3) is 0 Å². The van der Waals surface area contributed by atoms with Crippen LogP contribution in [0.25, 0.3) is 11.1 Å². The fourth-order valence-corrected chi connectivity index (χ4v) is 4.15. The zero-order valence-corrected chi connectivity index (χ0v) is 17.2. The maximum Gasteiger partial charge on any atom is 0.407 e. The number of phenols is 1. The number of carbonyl (C=O) groups is 1. The molecule has 1 aliphatic carbocycles. The van der Waals surface area contributed by atoms with Crippen LogP contribution in [0.4, 0.5) is 4.79 Å². The molecule has 4 rings (SSSR count). The van der Waals surface area contributed by atoms with Crippen LogP contribution in [-0.4, -0.2) is 40.7 Å². The average Bonchev–Trinajstić information content (AvgIpc) is 3.09. The molecule has 0 aliphatic heterocycles. The molecular weight excluding hydrogens is 394 g/mol. The highest BCUT2D eigenvalue weighted by Gasteiger charge is 2.29. The van der Waals surface area contributed by atoms with Crippen molar-refractivity contribution in [1.82, 2.24) is 5.32 Å². The van der Waals surface area contributed by atoms with Crippen molar-refractivity contribution in [3.05, 3.63) is 89.0 Å². The minimum Gasteiger partial charge on any atom is -0.508 e. The van der Waals surface area contributed by atoms with Crippen molar-refractivity contribution in [2.75, 3.05) is 13.2 Å². The number of hydrogen-bond donors (Lipinski definition) is 4. The van der Waals surface area contributed by atoms with Gasteiger partial charge in [-0.1, -0.05) is 54.6 Å². The number of fused-ring (bicyclic) bond motifs is 3. The normalized spacial score (nSPS) is 14.4. The Bertz CT molecular complexity index is 1050. The molecule has 0 saturated heterocycles. The Hall–Kier alpha value is -3.35. The van der Waals surface area contributed by atoms with Crippen LogP contribution in [0.5, 0.6) is 5.75 Å². The maximum absolute atomic E-state index is 12.2. The molecule has 0 radical (unpaired) electrons. The zero-order chi connectivity index (χ0) is 22.0. The second-order valence-electron chi connectivity index (χ2n) is 7.76. The van der Waals surface area contributed by atoms with E-state index in [0.717, 1.165) is 22.3 Å². The predicted octanol–water partition coefficient (Wildman–Crippen LogP) is 3.63. The van der Waals surface area contributed by atoms with Crippen molar-refractivity contribution in [3.63, 3.8) is 0 Å². The Morgan fingerprint density at radius 3 is 2.23 bits per heavy atom. The van der Waals surface area contributed by atoms with Gasteiger partial charge in [0, 0.05) is 12.5 Å². The molecule has 160 valence electrons. The van der Waals surface area contributed by atoms with Gasteiger partial charge in [-0.15, -0.1) is 0 Å². The minimum atomic E-state index is -1.22. The van der Waals surface area contributed by atoms with Gasteiger partial charge in [-0.25, -0.2) is 4.79 Å². The molecular formula is C25H25NO5. The van der Waals surface area contributed by atoms with E-state index in [4.69, 9.17) is 4.74 Å². The summed E-state index contributed by atoms with van der Waals surface area (Å²) in [7, 11) is 0. The van der Waals surface area contributed by atoms with Crippen molar-refractivity contribution >= 4 is 6.09 Å². The number of nitrogens with one attached hydrogen (secondary N) is 1. The fourth-order valence-electron chi connectivity index (χ4n) is 4.15. The van der Waals surface area contributed by atoms with Gasteiger partial charge in [0.2, 0.25) is 0 Å². The second kappa shape index (κ2) is 8.79. The molecule has 0 heterocycles. The van der Waals surface area contributed by atoms with Crippen molar-refractivity contribution in [2.24, 2.45) is 0 Å². The summed E-state index contributed by atoms with van der Waals surface area (Å²) in [6.45, 7) is 1.73. The van der Waals surface area contributed by atoms with E-state index < -0.39 is 18.3 Å². The molecule has 3 aromatic carbocycles. The number of benzene rings is 3. The third kappa shape index (κ3) is 4.26. The van der Waals surface area contributed by atoms with Gasteiger partial charge in [-0.3, -0.25) is 0 Å². The summed E-state index contributed by atoms with van der Waals surface area (Å²) >= 11 is 0. The fraction of sp³-hybridized carbons (Fsp3) is 0.240. The lowest BCUT2D eigenvalue weighted by atomic mass is 9.98. The van der Waals surface area contributed by atoms with Crippen LogP contribution in [0.1, 0.15) is 34.3 Å². The Kier molecular flexibility index (Phi) is 5.93. The maximum atomic E-state index is 12.2. The number of ether oxygens (including phenoxy) is 1. The van der Waals surface area contributed by atoms with Crippen LogP contribution >= 0.6 is 0 Å². The molecule has 2 unspecified atom stereocenters. The third-order valence-corrected chi connectivity index (χ3v) is 5.74. The van der Waals surface area contributed by atoms with Crippen LogP contribution in [-0.2, 0) is 4.74 Å². The number of aromatic hydroxyl groups is 1. The summed E-state index contributed by atoms with van der Waals surface area (Å²) in [6, 6.07) is 20.6. The van der Waals surface area contributed by atoms with E-state index in [1.807, 2.05) is 36.4 Å². The first kappa shape index (κ1) is 20.9. The lowest BCUT2D eigenvalue weighted by molar-refractivity contribution is 0.0182. The van der Waals surface area contributed by atoms with Crippen LogP contribution in [0.3, 0.4) is 0 Å².